The maximum absolute atomic E-state index is 12.5. The van der Waals surface area contributed by atoms with E-state index < -0.39 is 19.9 Å². The Morgan fingerprint density at radius 1 is 1.16 bits per heavy atom. The predicted molar refractivity (Wildman–Crippen MR) is 73.4 cm³/mol. The van der Waals surface area contributed by atoms with Crippen molar-refractivity contribution in [3.63, 3.8) is 0 Å². The molecule has 5 nitrogen and oxygen atoms in total. The van der Waals surface area contributed by atoms with Gasteiger partial charge in [0.2, 0.25) is 10.0 Å². The Morgan fingerprint density at radius 2 is 1.74 bits per heavy atom. The molecule has 0 bridgehead atoms. The molecular formula is C11H14ClNO4S2. The van der Waals surface area contributed by atoms with Crippen LogP contribution in [0.25, 0.3) is 0 Å². The zero-order chi connectivity index (χ0) is 14.1. The molecule has 0 atom stereocenters. The highest BCUT2D eigenvalue weighted by molar-refractivity contribution is 7.92. The second-order valence-electron chi connectivity index (χ2n) is 4.30. The molecule has 1 fully saturated rings. The smallest absolute Gasteiger partial charge is 0.229 e. The van der Waals surface area contributed by atoms with E-state index in [1.807, 2.05) is 0 Å². The third kappa shape index (κ3) is 3.10. The van der Waals surface area contributed by atoms with Crippen molar-refractivity contribution in [3.8, 4) is 0 Å². The predicted octanol–water partition coefficient (Wildman–Crippen LogP) is 0.844. The fraction of sp³-hybridized carbons (Fsp3) is 0.455. The minimum Gasteiger partial charge on any atom is -0.229 e. The van der Waals surface area contributed by atoms with Crippen molar-refractivity contribution >= 4 is 31.5 Å². The van der Waals surface area contributed by atoms with Gasteiger partial charge in [0.1, 0.15) is 0 Å². The number of nitrogens with zero attached hydrogens (tertiary/aromatic N) is 1. The van der Waals surface area contributed by atoms with Gasteiger partial charge in [0, 0.05) is 19.0 Å². The van der Waals surface area contributed by atoms with Gasteiger partial charge in [-0.1, -0.05) is 18.2 Å². The molecule has 0 amide bonds. The van der Waals surface area contributed by atoms with E-state index in [-0.39, 0.29) is 35.4 Å². The van der Waals surface area contributed by atoms with Crippen LogP contribution >= 0.6 is 11.6 Å². The van der Waals surface area contributed by atoms with E-state index in [1.165, 1.54) is 10.4 Å². The Kier molecular flexibility index (Phi) is 4.20. The molecule has 1 aliphatic rings. The number of halogens is 1. The summed E-state index contributed by atoms with van der Waals surface area (Å²) in [5.74, 6) is -0.161. The van der Waals surface area contributed by atoms with Crippen LogP contribution in [0.4, 0.5) is 0 Å². The van der Waals surface area contributed by atoms with Crippen molar-refractivity contribution in [2.45, 2.75) is 10.8 Å². The van der Waals surface area contributed by atoms with Gasteiger partial charge in [-0.2, -0.15) is 4.31 Å². The number of hydrogen-bond donors (Lipinski definition) is 0. The summed E-state index contributed by atoms with van der Waals surface area (Å²) in [4.78, 5) is 0.157. The summed E-state index contributed by atoms with van der Waals surface area (Å²) in [6.07, 6.45) is 0. The second kappa shape index (κ2) is 5.40. The lowest BCUT2D eigenvalue weighted by molar-refractivity contribution is 0.430. The molecule has 0 aliphatic carbocycles. The zero-order valence-corrected chi connectivity index (χ0v) is 12.5. The van der Waals surface area contributed by atoms with Gasteiger partial charge in [-0.05, 0) is 11.6 Å². The van der Waals surface area contributed by atoms with Crippen molar-refractivity contribution in [3.05, 3.63) is 29.8 Å². The van der Waals surface area contributed by atoms with Crippen molar-refractivity contribution in [1.29, 1.82) is 0 Å². The van der Waals surface area contributed by atoms with Gasteiger partial charge in [0.25, 0.3) is 0 Å². The SMILES string of the molecule is O=S1(=O)CCN(S(=O)(=O)c2ccccc2CCl)CC1. The van der Waals surface area contributed by atoms with Crippen LogP contribution in [0.5, 0.6) is 0 Å². The van der Waals surface area contributed by atoms with Crippen molar-refractivity contribution in [1.82, 2.24) is 4.31 Å². The quantitative estimate of drug-likeness (QED) is 0.773. The summed E-state index contributed by atoms with van der Waals surface area (Å²) in [7, 11) is -6.78. The monoisotopic (exact) mass is 323 g/mol. The summed E-state index contributed by atoms with van der Waals surface area (Å²) in [6.45, 7) is 0.00255. The summed E-state index contributed by atoms with van der Waals surface area (Å²) < 4.78 is 48.8. The fourth-order valence-electron chi connectivity index (χ4n) is 1.94. The summed E-state index contributed by atoms with van der Waals surface area (Å²) in [5.41, 5.74) is 0.526. The van der Waals surface area contributed by atoms with E-state index in [0.29, 0.717) is 5.56 Å². The molecule has 0 radical (unpaired) electrons. The first-order valence-electron chi connectivity index (χ1n) is 5.71. The largest absolute Gasteiger partial charge is 0.243 e. The summed E-state index contributed by atoms with van der Waals surface area (Å²) in [5, 5.41) is 0. The van der Waals surface area contributed by atoms with Crippen molar-refractivity contribution in [2.24, 2.45) is 0 Å². The van der Waals surface area contributed by atoms with Crippen LogP contribution in [0.15, 0.2) is 29.2 Å². The molecule has 0 N–H and O–H groups in total. The lowest BCUT2D eigenvalue weighted by Crippen LogP contribution is -2.43. The molecule has 106 valence electrons. The van der Waals surface area contributed by atoms with Crippen molar-refractivity contribution in [2.75, 3.05) is 24.6 Å². The minimum absolute atomic E-state index is 0.00128. The molecule has 0 spiro atoms. The molecule has 0 unspecified atom stereocenters. The van der Waals surface area contributed by atoms with Crippen LogP contribution in [0.3, 0.4) is 0 Å². The Balaban J connectivity index is 2.33. The summed E-state index contributed by atoms with van der Waals surface area (Å²) >= 11 is 5.74. The number of sulfone groups is 1. The summed E-state index contributed by atoms with van der Waals surface area (Å²) in [6, 6.07) is 6.50. The number of benzene rings is 1. The maximum Gasteiger partial charge on any atom is 0.243 e. The minimum atomic E-state index is -3.67. The maximum atomic E-state index is 12.5. The first kappa shape index (κ1) is 14.8. The average Bonchev–Trinajstić information content (AvgIpc) is 2.38. The normalized spacial score (nSPS) is 20.3. The number of rotatable bonds is 3. The first-order valence-corrected chi connectivity index (χ1v) is 9.51. The molecule has 2 rings (SSSR count). The third-order valence-electron chi connectivity index (χ3n) is 3.04. The Labute approximate surface area is 118 Å². The van der Waals surface area contributed by atoms with E-state index in [1.54, 1.807) is 18.2 Å². The van der Waals surface area contributed by atoms with Gasteiger partial charge in [0.05, 0.1) is 16.4 Å². The lowest BCUT2D eigenvalue weighted by atomic mass is 10.2. The van der Waals surface area contributed by atoms with Crippen LogP contribution < -0.4 is 0 Å². The number of hydrogen-bond acceptors (Lipinski definition) is 4. The molecule has 1 aromatic rings. The first-order chi connectivity index (χ1) is 8.87. The van der Waals surface area contributed by atoms with Crippen LogP contribution in [-0.2, 0) is 25.7 Å². The lowest BCUT2D eigenvalue weighted by Gasteiger charge is -2.26. The Bertz CT molecular complexity index is 656. The topological polar surface area (TPSA) is 71.5 Å². The van der Waals surface area contributed by atoms with E-state index in [4.69, 9.17) is 11.6 Å². The van der Waals surface area contributed by atoms with E-state index >= 15 is 0 Å². The van der Waals surface area contributed by atoms with Gasteiger partial charge in [-0.15, -0.1) is 11.6 Å². The van der Waals surface area contributed by atoms with Gasteiger partial charge in [-0.25, -0.2) is 16.8 Å². The Hall–Kier alpha value is -0.630. The number of sulfonamides is 1. The molecule has 1 heterocycles. The molecule has 0 saturated carbocycles. The zero-order valence-electron chi connectivity index (χ0n) is 10.1. The molecule has 19 heavy (non-hydrogen) atoms. The average molecular weight is 324 g/mol. The van der Waals surface area contributed by atoms with Crippen molar-refractivity contribution < 1.29 is 16.8 Å². The molecule has 1 saturated heterocycles. The van der Waals surface area contributed by atoms with Gasteiger partial charge in [-0.3, -0.25) is 0 Å². The molecular weight excluding hydrogens is 310 g/mol. The Morgan fingerprint density at radius 3 is 2.32 bits per heavy atom. The molecule has 1 aromatic carbocycles. The van der Waals surface area contributed by atoms with E-state index in [9.17, 15) is 16.8 Å². The van der Waals surface area contributed by atoms with Crippen LogP contribution in [0.2, 0.25) is 0 Å². The van der Waals surface area contributed by atoms with E-state index in [2.05, 4.69) is 0 Å². The van der Waals surface area contributed by atoms with Gasteiger partial charge >= 0.3 is 0 Å². The molecule has 8 heteroatoms. The third-order valence-corrected chi connectivity index (χ3v) is 6.93. The molecule has 1 aliphatic heterocycles. The fourth-order valence-corrected chi connectivity index (χ4v) is 5.35. The van der Waals surface area contributed by atoms with E-state index in [0.717, 1.165) is 0 Å². The van der Waals surface area contributed by atoms with Gasteiger partial charge < -0.3 is 0 Å². The standard InChI is InChI=1S/C11H14ClNO4S2/c12-9-10-3-1-2-4-11(10)19(16,17)13-5-7-18(14,15)8-6-13/h1-4H,5-9H2. The molecule has 0 aromatic heterocycles. The van der Waals surface area contributed by atoms with Crippen LogP contribution in [-0.4, -0.2) is 45.7 Å². The van der Waals surface area contributed by atoms with Crippen LogP contribution in [0.1, 0.15) is 5.56 Å². The number of alkyl halides is 1. The van der Waals surface area contributed by atoms with Gasteiger partial charge in [0.15, 0.2) is 9.84 Å². The van der Waals surface area contributed by atoms with Crippen LogP contribution in [0, 0.1) is 0 Å². The second-order valence-corrected chi connectivity index (χ2v) is 8.77. The highest BCUT2D eigenvalue weighted by atomic mass is 35.5. The highest BCUT2D eigenvalue weighted by Gasteiger charge is 2.32. The highest BCUT2D eigenvalue weighted by Crippen LogP contribution is 2.23.